The van der Waals surface area contributed by atoms with Gasteiger partial charge in [0.05, 0.1) is 0 Å². The second kappa shape index (κ2) is 10.4. The monoisotopic (exact) mass is 390 g/mol. The first-order valence-corrected chi connectivity index (χ1v) is 9.10. The van der Waals surface area contributed by atoms with Crippen LogP contribution in [-0.4, -0.2) is 35.9 Å². The Morgan fingerprint density at radius 1 is 1.04 bits per heavy atom. The second-order valence-corrected chi connectivity index (χ2v) is 6.36. The van der Waals surface area contributed by atoms with Gasteiger partial charge >= 0.3 is 0 Å². The first kappa shape index (κ1) is 21.3. The molecule has 7 heteroatoms. The van der Waals surface area contributed by atoms with E-state index in [-0.39, 0.29) is 24.9 Å². The van der Waals surface area contributed by atoms with Crippen molar-refractivity contribution in [3.8, 4) is 5.75 Å². The topological polar surface area (TPSA) is 58.6 Å². The molecule has 2 amide bonds. The summed E-state index contributed by atoms with van der Waals surface area (Å²) in [6.45, 7) is 3.89. The van der Waals surface area contributed by atoms with Crippen molar-refractivity contribution in [3.63, 3.8) is 0 Å². The highest BCUT2D eigenvalue weighted by Crippen LogP contribution is 2.14. The van der Waals surface area contributed by atoms with Crippen molar-refractivity contribution in [1.29, 1.82) is 0 Å². The minimum atomic E-state index is -0.735. The van der Waals surface area contributed by atoms with Crippen molar-refractivity contribution in [1.82, 2.24) is 10.2 Å². The van der Waals surface area contributed by atoms with Crippen LogP contribution < -0.4 is 10.1 Å². The molecule has 0 radical (unpaired) electrons. The van der Waals surface area contributed by atoms with Crippen molar-refractivity contribution in [2.24, 2.45) is 0 Å². The van der Waals surface area contributed by atoms with Gasteiger partial charge in [-0.1, -0.05) is 19.1 Å². The maximum absolute atomic E-state index is 13.2. The Kier molecular flexibility index (Phi) is 7.92. The van der Waals surface area contributed by atoms with Gasteiger partial charge in [0.15, 0.2) is 6.61 Å². The third-order valence-electron chi connectivity index (χ3n) is 4.16. The van der Waals surface area contributed by atoms with Gasteiger partial charge in [-0.2, -0.15) is 0 Å². The predicted octanol–water partition coefficient (Wildman–Crippen LogP) is 3.29. The average Bonchev–Trinajstić information content (AvgIpc) is 2.70. The summed E-state index contributed by atoms with van der Waals surface area (Å²) in [6, 6.07) is 10.3. The third-order valence-corrected chi connectivity index (χ3v) is 4.16. The van der Waals surface area contributed by atoms with Crippen LogP contribution >= 0.6 is 0 Å². The van der Waals surface area contributed by atoms with Crippen LogP contribution in [0.25, 0.3) is 0 Å². The molecule has 5 nitrogen and oxygen atoms in total. The lowest BCUT2D eigenvalue weighted by Crippen LogP contribution is -2.49. The maximum Gasteiger partial charge on any atom is 0.261 e. The van der Waals surface area contributed by atoms with E-state index in [0.29, 0.717) is 17.9 Å². The molecule has 0 fully saturated rings. The lowest BCUT2D eigenvalue weighted by Gasteiger charge is -2.28. The number of benzene rings is 2. The molecule has 2 rings (SSSR count). The molecule has 150 valence electrons. The molecule has 0 saturated heterocycles. The van der Waals surface area contributed by atoms with Crippen molar-refractivity contribution in [2.45, 2.75) is 32.9 Å². The summed E-state index contributed by atoms with van der Waals surface area (Å²) in [6.07, 6.45) is 0.776. The fourth-order valence-corrected chi connectivity index (χ4v) is 2.52. The van der Waals surface area contributed by atoms with Gasteiger partial charge in [-0.3, -0.25) is 9.59 Å². The summed E-state index contributed by atoms with van der Waals surface area (Å²) in [5.74, 6) is -1.13. The summed E-state index contributed by atoms with van der Waals surface area (Å²) in [5, 5.41) is 2.77. The molecule has 0 aliphatic heterocycles. The van der Waals surface area contributed by atoms with Crippen LogP contribution in [-0.2, 0) is 16.1 Å². The van der Waals surface area contributed by atoms with Gasteiger partial charge in [0.2, 0.25) is 5.91 Å². The molecule has 0 aliphatic rings. The first-order chi connectivity index (χ1) is 13.4. The van der Waals surface area contributed by atoms with Gasteiger partial charge in [0.1, 0.15) is 23.4 Å². The van der Waals surface area contributed by atoms with E-state index in [0.717, 1.165) is 6.42 Å². The number of halogens is 2. The van der Waals surface area contributed by atoms with Crippen LogP contribution in [0.15, 0.2) is 48.5 Å². The third kappa shape index (κ3) is 6.33. The Hall–Kier alpha value is -2.96. The molecule has 0 aromatic heterocycles. The largest absolute Gasteiger partial charge is 0.484 e. The molecule has 0 heterocycles. The van der Waals surface area contributed by atoms with Gasteiger partial charge < -0.3 is 15.0 Å². The fraction of sp³-hybridized carbons (Fsp3) is 0.333. The molecule has 1 atom stereocenters. The van der Waals surface area contributed by atoms with E-state index >= 15 is 0 Å². The minimum Gasteiger partial charge on any atom is -0.484 e. The van der Waals surface area contributed by atoms with E-state index in [1.54, 1.807) is 19.1 Å². The number of nitrogens with zero attached hydrogens (tertiary/aromatic N) is 1. The molecule has 28 heavy (non-hydrogen) atoms. The normalized spacial score (nSPS) is 11.6. The Morgan fingerprint density at radius 2 is 1.61 bits per heavy atom. The van der Waals surface area contributed by atoms with Gasteiger partial charge in [0, 0.05) is 13.1 Å². The smallest absolute Gasteiger partial charge is 0.261 e. The maximum atomic E-state index is 13.2. The molecule has 2 aromatic rings. The van der Waals surface area contributed by atoms with Crippen molar-refractivity contribution >= 4 is 11.8 Å². The van der Waals surface area contributed by atoms with Crippen LogP contribution in [0, 0.1) is 11.6 Å². The second-order valence-electron chi connectivity index (χ2n) is 6.36. The fourth-order valence-electron chi connectivity index (χ4n) is 2.52. The summed E-state index contributed by atoms with van der Waals surface area (Å²) < 4.78 is 31.6. The van der Waals surface area contributed by atoms with E-state index in [2.05, 4.69) is 5.32 Å². The van der Waals surface area contributed by atoms with Crippen LogP contribution in [0.5, 0.6) is 5.75 Å². The zero-order valence-corrected chi connectivity index (χ0v) is 16.0. The predicted molar refractivity (Wildman–Crippen MR) is 102 cm³/mol. The van der Waals surface area contributed by atoms with Gasteiger partial charge in [-0.15, -0.1) is 0 Å². The summed E-state index contributed by atoms with van der Waals surface area (Å²) in [7, 11) is 0. The van der Waals surface area contributed by atoms with E-state index < -0.39 is 17.8 Å². The number of hydrogen-bond acceptors (Lipinski definition) is 3. The minimum absolute atomic E-state index is 0.132. The molecular formula is C21H24F2N2O3. The van der Waals surface area contributed by atoms with Crippen molar-refractivity contribution in [3.05, 3.63) is 65.7 Å². The molecule has 0 bridgehead atoms. The molecule has 2 aromatic carbocycles. The SMILES string of the molecule is CCCNC(=O)[C@@H](C)N(Cc1ccc(F)cc1)C(=O)COc1ccc(F)cc1. The summed E-state index contributed by atoms with van der Waals surface area (Å²) >= 11 is 0. The summed E-state index contributed by atoms with van der Waals surface area (Å²) in [5.41, 5.74) is 0.687. The zero-order chi connectivity index (χ0) is 20.5. The number of carbonyl (C=O) groups excluding carboxylic acids is 2. The van der Waals surface area contributed by atoms with Gasteiger partial charge in [-0.05, 0) is 55.3 Å². The number of rotatable bonds is 9. The van der Waals surface area contributed by atoms with Gasteiger partial charge in [-0.25, -0.2) is 8.78 Å². The molecule has 0 saturated carbocycles. The van der Waals surface area contributed by atoms with Gasteiger partial charge in [0.25, 0.3) is 5.91 Å². The summed E-state index contributed by atoms with van der Waals surface area (Å²) in [4.78, 5) is 26.5. The standard InChI is InChI=1S/C21H24F2N2O3/c1-3-12-24-21(27)15(2)25(13-16-4-6-17(22)7-5-16)20(26)14-28-19-10-8-18(23)9-11-19/h4-11,15H,3,12-14H2,1-2H3,(H,24,27)/t15-/m1/s1. The van der Waals surface area contributed by atoms with Crippen molar-refractivity contribution < 1.29 is 23.1 Å². The van der Waals surface area contributed by atoms with Crippen LogP contribution in [0.3, 0.4) is 0 Å². The molecule has 1 N–H and O–H groups in total. The zero-order valence-electron chi connectivity index (χ0n) is 16.0. The lowest BCUT2D eigenvalue weighted by atomic mass is 10.1. The molecular weight excluding hydrogens is 366 g/mol. The average molecular weight is 390 g/mol. The number of amides is 2. The molecule has 0 unspecified atom stereocenters. The highest BCUT2D eigenvalue weighted by molar-refractivity contribution is 5.87. The van der Waals surface area contributed by atoms with E-state index in [4.69, 9.17) is 4.74 Å². The lowest BCUT2D eigenvalue weighted by molar-refractivity contribution is -0.142. The molecule has 0 aliphatic carbocycles. The van der Waals surface area contributed by atoms with E-state index in [1.807, 2.05) is 6.92 Å². The Labute approximate surface area is 163 Å². The van der Waals surface area contributed by atoms with Crippen LogP contribution in [0.2, 0.25) is 0 Å². The Balaban J connectivity index is 2.10. The number of ether oxygens (including phenoxy) is 1. The highest BCUT2D eigenvalue weighted by Gasteiger charge is 2.26. The van der Waals surface area contributed by atoms with Crippen LogP contribution in [0.1, 0.15) is 25.8 Å². The van der Waals surface area contributed by atoms with E-state index in [1.165, 1.54) is 41.3 Å². The number of carbonyl (C=O) groups is 2. The Morgan fingerprint density at radius 3 is 2.18 bits per heavy atom. The molecule has 0 spiro atoms. The number of nitrogens with one attached hydrogen (secondary N) is 1. The van der Waals surface area contributed by atoms with Crippen LogP contribution in [0.4, 0.5) is 8.78 Å². The van der Waals surface area contributed by atoms with E-state index in [9.17, 15) is 18.4 Å². The first-order valence-electron chi connectivity index (χ1n) is 9.10. The highest BCUT2D eigenvalue weighted by atomic mass is 19.1. The van der Waals surface area contributed by atoms with Crippen molar-refractivity contribution in [2.75, 3.05) is 13.2 Å². The Bertz CT molecular complexity index is 779. The quantitative estimate of drug-likeness (QED) is 0.715. The number of hydrogen-bond donors (Lipinski definition) is 1.